The van der Waals surface area contributed by atoms with Crippen LogP contribution in [0.4, 0.5) is 11.4 Å². The molecule has 1 saturated heterocycles. The van der Waals surface area contributed by atoms with Gasteiger partial charge in [-0.05, 0) is 59.4 Å². The van der Waals surface area contributed by atoms with Crippen LogP contribution in [0.1, 0.15) is 31.1 Å². The summed E-state index contributed by atoms with van der Waals surface area (Å²) in [5, 5.41) is 8.17. The van der Waals surface area contributed by atoms with Gasteiger partial charge >= 0.3 is 0 Å². The van der Waals surface area contributed by atoms with Crippen molar-refractivity contribution in [2.75, 3.05) is 36.4 Å². The Morgan fingerprint density at radius 2 is 1.50 bits per heavy atom. The maximum Gasteiger partial charge on any atom is 0.257 e. The van der Waals surface area contributed by atoms with Gasteiger partial charge in [0.05, 0.1) is 0 Å². The van der Waals surface area contributed by atoms with E-state index < -0.39 is 0 Å². The van der Waals surface area contributed by atoms with Gasteiger partial charge in [0, 0.05) is 48.5 Å². The molecule has 0 unspecified atom stereocenters. The normalized spacial score (nSPS) is 14.1. The van der Waals surface area contributed by atoms with Crippen molar-refractivity contribution in [1.82, 2.24) is 10.2 Å². The van der Waals surface area contributed by atoms with Crippen molar-refractivity contribution in [3.63, 3.8) is 0 Å². The molecule has 7 heteroatoms. The number of piperazine rings is 1. The number of thiocarbonyl (C=S) groups is 1. The SMILES string of the molecule is CC(C)(C)C(=O)N1CCN(c2ccc(NC(=S)NC(=O)c3ccc4ccccc4c3)cc2)CC1. The minimum absolute atomic E-state index is 0.200. The number of carbonyl (C=O) groups is 2. The molecule has 0 spiro atoms. The number of hydrogen-bond acceptors (Lipinski definition) is 4. The first-order valence-corrected chi connectivity index (χ1v) is 11.9. The zero-order chi connectivity index (χ0) is 24.3. The summed E-state index contributed by atoms with van der Waals surface area (Å²) in [6, 6.07) is 21.4. The van der Waals surface area contributed by atoms with Gasteiger partial charge in [-0.15, -0.1) is 0 Å². The number of anilines is 2. The van der Waals surface area contributed by atoms with E-state index in [1.807, 2.05) is 86.3 Å². The highest BCUT2D eigenvalue weighted by atomic mass is 32.1. The highest BCUT2D eigenvalue weighted by Crippen LogP contribution is 2.23. The maximum absolute atomic E-state index is 12.6. The van der Waals surface area contributed by atoms with Gasteiger partial charge in [-0.3, -0.25) is 14.9 Å². The van der Waals surface area contributed by atoms with Crippen molar-refractivity contribution >= 4 is 51.3 Å². The summed E-state index contributed by atoms with van der Waals surface area (Å²) in [4.78, 5) is 29.3. The highest BCUT2D eigenvalue weighted by molar-refractivity contribution is 7.80. The van der Waals surface area contributed by atoms with Crippen LogP contribution in [-0.2, 0) is 4.79 Å². The second kappa shape index (κ2) is 9.81. The zero-order valence-electron chi connectivity index (χ0n) is 19.8. The Morgan fingerprint density at radius 1 is 0.853 bits per heavy atom. The van der Waals surface area contributed by atoms with Gasteiger partial charge in [-0.25, -0.2) is 0 Å². The minimum Gasteiger partial charge on any atom is -0.368 e. The molecule has 0 radical (unpaired) electrons. The largest absolute Gasteiger partial charge is 0.368 e. The van der Waals surface area contributed by atoms with Crippen LogP contribution in [0, 0.1) is 5.41 Å². The molecule has 0 bridgehead atoms. The zero-order valence-corrected chi connectivity index (χ0v) is 20.6. The van der Waals surface area contributed by atoms with Crippen LogP contribution in [0.3, 0.4) is 0 Å². The third-order valence-electron chi connectivity index (χ3n) is 5.94. The minimum atomic E-state index is -0.350. The summed E-state index contributed by atoms with van der Waals surface area (Å²) in [5.41, 5.74) is 2.10. The van der Waals surface area contributed by atoms with Gasteiger partial charge in [0.25, 0.3) is 5.91 Å². The van der Waals surface area contributed by atoms with Crippen molar-refractivity contribution in [3.05, 3.63) is 72.3 Å². The Morgan fingerprint density at radius 3 is 2.15 bits per heavy atom. The van der Waals surface area contributed by atoms with Gasteiger partial charge < -0.3 is 15.1 Å². The summed E-state index contributed by atoms with van der Waals surface area (Å²) in [5.74, 6) is -0.0477. The number of rotatable bonds is 3. The van der Waals surface area contributed by atoms with Crippen LogP contribution in [0.2, 0.25) is 0 Å². The Labute approximate surface area is 205 Å². The first-order valence-electron chi connectivity index (χ1n) is 11.5. The van der Waals surface area contributed by atoms with Gasteiger partial charge in [0.1, 0.15) is 0 Å². The average Bonchev–Trinajstić information content (AvgIpc) is 2.83. The molecule has 1 fully saturated rings. The topological polar surface area (TPSA) is 64.7 Å². The second-order valence-electron chi connectivity index (χ2n) is 9.55. The fraction of sp³-hybridized carbons (Fsp3) is 0.296. The number of benzene rings is 3. The van der Waals surface area contributed by atoms with Crippen LogP contribution >= 0.6 is 12.2 Å². The van der Waals surface area contributed by atoms with Gasteiger partial charge in [-0.2, -0.15) is 0 Å². The number of nitrogens with zero attached hydrogens (tertiary/aromatic N) is 2. The van der Waals surface area contributed by atoms with E-state index in [9.17, 15) is 9.59 Å². The monoisotopic (exact) mass is 474 g/mol. The Balaban J connectivity index is 1.30. The highest BCUT2D eigenvalue weighted by Gasteiger charge is 2.29. The first kappa shape index (κ1) is 23.7. The fourth-order valence-electron chi connectivity index (χ4n) is 4.07. The van der Waals surface area contributed by atoms with E-state index in [1.54, 1.807) is 6.07 Å². The van der Waals surface area contributed by atoms with Crippen molar-refractivity contribution in [2.24, 2.45) is 5.41 Å². The van der Waals surface area contributed by atoms with Crippen molar-refractivity contribution in [2.45, 2.75) is 20.8 Å². The summed E-state index contributed by atoms with van der Waals surface area (Å²) >= 11 is 5.34. The van der Waals surface area contributed by atoms with Crippen molar-refractivity contribution in [3.8, 4) is 0 Å². The quantitative estimate of drug-likeness (QED) is 0.541. The summed E-state index contributed by atoms with van der Waals surface area (Å²) in [6.45, 7) is 8.93. The van der Waals surface area contributed by atoms with E-state index >= 15 is 0 Å². The molecule has 0 saturated carbocycles. The average molecular weight is 475 g/mol. The number of nitrogens with one attached hydrogen (secondary N) is 2. The molecule has 3 aromatic rings. The lowest BCUT2D eigenvalue weighted by Gasteiger charge is -2.38. The molecule has 0 atom stereocenters. The summed E-state index contributed by atoms with van der Waals surface area (Å²) in [6.07, 6.45) is 0. The predicted octanol–water partition coefficient (Wildman–Crippen LogP) is 4.66. The molecule has 34 heavy (non-hydrogen) atoms. The Kier molecular flexibility index (Phi) is 6.84. The van der Waals surface area contributed by atoms with Gasteiger partial charge in [0.15, 0.2) is 5.11 Å². The van der Waals surface area contributed by atoms with Crippen LogP contribution in [0.5, 0.6) is 0 Å². The summed E-state index contributed by atoms with van der Waals surface area (Å²) in [7, 11) is 0. The third-order valence-corrected chi connectivity index (χ3v) is 6.14. The standard InChI is InChI=1S/C27H30N4O2S/c1-27(2,3)25(33)31-16-14-30(15-17-31)23-12-10-22(11-13-23)28-26(34)29-24(32)21-9-8-19-6-4-5-7-20(19)18-21/h4-13,18H,14-17H2,1-3H3,(H2,28,29,32,34). The van der Waals surface area contributed by atoms with E-state index in [1.165, 1.54) is 0 Å². The molecular formula is C27H30N4O2S. The predicted molar refractivity (Wildman–Crippen MR) is 142 cm³/mol. The van der Waals surface area contributed by atoms with E-state index in [0.717, 1.165) is 48.3 Å². The van der Waals surface area contributed by atoms with Gasteiger partial charge in [0.2, 0.25) is 5.91 Å². The molecule has 176 valence electrons. The molecule has 1 aliphatic rings. The molecule has 1 heterocycles. The van der Waals surface area contributed by atoms with E-state index in [2.05, 4.69) is 15.5 Å². The summed E-state index contributed by atoms with van der Waals surface area (Å²) < 4.78 is 0. The second-order valence-corrected chi connectivity index (χ2v) is 9.95. The molecule has 2 N–H and O–H groups in total. The third kappa shape index (κ3) is 5.54. The molecule has 0 aromatic heterocycles. The Hall–Kier alpha value is -3.45. The number of fused-ring (bicyclic) bond motifs is 1. The first-order chi connectivity index (χ1) is 16.2. The van der Waals surface area contributed by atoms with E-state index in [-0.39, 0.29) is 22.3 Å². The smallest absolute Gasteiger partial charge is 0.257 e. The van der Waals surface area contributed by atoms with Crippen LogP contribution < -0.4 is 15.5 Å². The molecule has 2 amide bonds. The Bertz CT molecular complexity index is 1210. The number of carbonyl (C=O) groups excluding carboxylic acids is 2. The molecule has 1 aliphatic heterocycles. The number of hydrogen-bond donors (Lipinski definition) is 2. The van der Waals surface area contributed by atoms with Crippen molar-refractivity contribution < 1.29 is 9.59 Å². The molecule has 3 aromatic carbocycles. The molecule has 6 nitrogen and oxygen atoms in total. The van der Waals surface area contributed by atoms with Crippen LogP contribution in [-0.4, -0.2) is 48.0 Å². The van der Waals surface area contributed by atoms with E-state index in [4.69, 9.17) is 12.2 Å². The lowest BCUT2D eigenvalue weighted by Crippen LogP contribution is -2.51. The molecule has 4 rings (SSSR count). The van der Waals surface area contributed by atoms with Crippen molar-refractivity contribution in [1.29, 1.82) is 0 Å². The maximum atomic E-state index is 12.6. The fourth-order valence-corrected chi connectivity index (χ4v) is 4.28. The lowest BCUT2D eigenvalue weighted by molar-refractivity contribution is -0.139. The van der Waals surface area contributed by atoms with E-state index in [0.29, 0.717) is 5.56 Å². The van der Waals surface area contributed by atoms with Crippen LogP contribution in [0.15, 0.2) is 66.7 Å². The molecule has 0 aliphatic carbocycles. The lowest BCUT2D eigenvalue weighted by atomic mass is 9.94. The van der Waals surface area contributed by atoms with Gasteiger partial charge in [-0.1, -0.05) is 51.1 Å². The number of amides is 2. The molecular weight excluding hydrogens is 444 g/mol. The van der Waals surface area contributed by atoms with Crippen LogP contribution in [0.25, 0.3) is 10.8 Å².